The van der Waals surface area contributed by atoms with Gasteiger partial charge in [-0.3, -0.25) is 14.4 Å². The molecule has 1 aromatic rings. The van der Waals surface area contributed by atoms with Gasteiger partial charge in [0.1, 0.15) is 0 Å². The molecule has 5 heteroatoms. The summed E-state index contributed by atoms with van der Waals surface area (Å²) < 4.78 is 2.02. The lowest BCUT2D eigenvalue weighted by atomic mass is 9.88. The number of hydrogen-bond acceptors (Lipinski definition) is 3. The van der Waals surface area contributed by atoms with Crippen LogP contribution in [0.4, 0.5) is 0 Å². The van der Waals surface area contributed by atoms with Gasteiger partial charge in [-0.05, 0) is 45.6 Å². The molecule has 1 aromatic heterocycles. The van der Waals surface area contributed by atoms with Crippen molar-refractivity contribution in [2.24, 2.45) is 11.8 Å². The lowest BCUT2D eigenvalue weighted by Gasteiger charge is -2.22. The molecule has 24 heavy (non-hydrogen) atoms. The standard InChI is InChI=1S/C19H32N4O/c1-15(2)23-14-17(11-21-23)13-22-9-8-16(12-22)10-20-19(24)18-6-4-3-5-7-18/h11,14-16,18H,3-10,12-13H2,1-2H3,(H,20,24)/t16-/m1/s1. The second-order valence-electron chi connectivity index (χ2n) is 7.89. The highest BCUT2D eigenvalue weighted by Gasteiger charge is 2.25. The quantitative estimate of drug-likeness (QED) is 0.871. The Morgan fingerprint density at radius 2 is 2.08 bits per heavy atom. The summed E-state index contributed by atoms with van der Waals surface area (Å²) in [5.74, 6) is 1.17. The van der Waals surface area contributed by atoms with E-state index in [9.17, 15) is 4.79 Å². The van der Waals surface area contributed by atoms with E-state index >= 15 is 0 Å². The fourth-order valence-corrected chi connectivity index (χ4v) is 3.98. The monoisotopic (exact) mass is 332 g/mol. The maximum Gasteiger partial charge on any atom is 0.223 e. The van der Waals surface area contributed by atoms with E-state index in [0.29, 0.717) is 17.9 Å². The van der Waals surface area contributed by atoms with E-state index in [1.807, 2.05) is 10.9 Å². The largest absolute Gasteiger partial charge is 0.356 e. The second-order valence-corrected chi connectivity index (χ2v) is 7.89. The number of carbonyl (C=O) groups excluding carboxylic acids is 1. The molecule has 1 saturated heterocycles. The number of rotatable bonds is 6. The van der Waals surface area contributed by atoms with E-state index in [1.54, 1.807) is 0 Å². The third kappa shape index (κ3) is 4.59. The van der Waals surface area contributed by atoms with Gasteiger partial charge in [0.05, 0.1) is 6.20 Å². The average molecular weight is 332 g/mol. The van der Waals surface area contributed by atoms with Crippen molar-refractivity contribution in [3.05, 3.63) is 18.0 Å². The molecule has 2 fully saturated rings. The van der Waals surface area contributed by atoms with E-state index in [4.69, 9.17) is 0 Å². The van der Waals surface area contributed by atoms with Crippen molar-refractivity contribution in [1.29, 1.82) is 0 Å². The van der Waals surface area contributed by atoms with Crippen molar-refractivity contribution >= 4 is 5.91 Å². The van der Waals surface area contributed by atoms with Gasteiger partial charge in [-0.25, -0.2) is 0 Å². The summed E-state index contributed by atoms with van der Waals surface area (Å²) in [6, 6.07) is 0.417. The van der Waals surface area contributed by atoms with Crippen LogP contribution in [0, 0.1) is 11.8 Å². The summed E-state index contributed by atoms with van der Waals surface area (Å²) in [7, 11) is 0. The van der Waals surface area contributed by atoms with E-state index in [2.05, 4.69) is 35.4 Å². The predicted octanol–water partition coefficient (Wildman–Crippen LogP) is 2.98. The molecule has 1 amide bonds. The summed E-state index contributed by atoms with van der Waals surface area (Å²) in [5.41, 5.74) is 1.29. The van der Waals surface area contributed by atoms with Gasteiger partial charge in [-0.1, -0.05) is 19.3 Å². The summed E-state index contributed by atoms with van der Waals surface area (Å²) in [5, 5.41) is 7.64. The Balaban J connectivity index is 1.39. The first-order chi connectivity index (χ1) is 11.6. The average Bonchev–Trinajstić information content (AvgIpc) is 3.23. The van der Waals surface area contributed by atoms with Crippen LogP contribution in [-0.4, -0.2) is 40.2 Å². The summed E-state index contributed by atoms with van der Waals surface area (Å²) in [6.45, 7) is 8.32. The Bertz CT molecular complexity index is 533. The van der Waals surface area contributed by atoms with Crippen molar-refractivity contribution in [1.82, 2.24) is 20.0 Å². The van der Waals surface area contributed by atoms with Gasteiger partial charge in [0, 0.05) is 43.4 Å². The van der Waals surface area contributed by atoms with E-state index in [0.717, 1.165) is 39.0 Å². The molecule has 1 saturated carbocycles. The Hall–Kier alpha value is -1.36. The first kappa shape index (κ1) is 17.5. The van der Waals surface area contributed by atoms with Gasteiger partial charge in [-0.2, -0.15) is 5.10 Å². The normalized spacial score (nSPS) is 23.0. The van der Waals surface area contributed by atoms with Crippen molar-refractivity contribution in [2.75, 3.05) is 19.6 Å². The third-order valence-electron chi connectivity index (χ3n) is 5.50. The summed E-state index contributed by atoms with van der Waals surface area (Å²) in [4.78, 5) is 14.7. The van der Waals surface area contributed by atoms with Gasteiger partial charge >= 0.3 is 0 Å². The molecular formula is C19H32N4O. The van der Waals surface area contributed by atoms with Crippen LogP contribution in [0.1, 0.15) is 64.0 Å². The zero-order valence-corrected chi connectivity index (χ0v) is 15.2. The molecule has 3 rings (SSSR count). The van der Waals surface area contributed by atoms with Crippen LogP contribution < -0.4 is 5.32 Å². The fourth-order valence-electron chi connectivity index (χ4n) is 3.98. The lowest BCUT2D eigenvalue weighted by Crippen LogP contribution is -2.36. The van der Waals surface area contributed by atoms with E-state index < -0.39 is 0 Å². The molecule has 0 spiro atoms. The number of carbonyl (C=O) groups is 1. The highest BCUT2D eigenvalue weighted by atomic mass is 16.1. The molecule has 1 aliphatic heterocycles. The second kappa shape index (κ2) is 8.15. The van der Waals surface area contributed by atoms with Crippen LogP contribution in [0.25, 0.3) is 0 Å². The van der Waals surface area contributed by atoms with E-state index in [1.165, 1.54) is 31.2 Å². The van der Waals surface area contributed by atoms with Crippen LogP contribution in [-0.2, 0) is 11.3 Å². The number of nitrogens with zero attached hydrogens (tertiary/aromatic N) is 3. The van der Waals surface area contributed by atoms with Gasteiger partial charge in [0.2, 0.25) is 5.91 Å². The highest BCUT2D eigenvalue weighted by Crippen LogP contribution is 2.24. The minimum absolute atomic E-state index is 0.276. The zero-order chi connectivity index (χ0) is 16.9. The maximum atomic E-state index is 12.3. The van der Waals surface area contributed by atoms with Crippen LogP contribution in [0.3, 0.4) is 0 Å². The Morgan fingerprint density at radius 3 is 2.79 bits per heavy atom. The predicted molar refractivity (Wildman–Crippen MR) is 95.6 cm³/mol. The molecule has 2 aliphatic rings. The van der Waals surface area contributed by atoms with E-state index in [-0.39, 0.29) is 5.92 Å². The smallest absolute Gasteiger partial charge is 0.223 e. The zero-order valence-electron chi connectivity index (χ0n) is 15.2. The minimum atomic E-state index is 0.276. The van der Waals surface area contributed by atoms with Crippen molar-refractivity contribution in [2.45, 2.75) is 65.0 Å². The Kier molecular flexibility index (Phi) is 5.93. The van der Waals surface area contributed by atoms with Crippen molar-refractivity contribution in [3.63, 3.8) is 0 Å². The van der Waals surface area contributed by atoms with Gasteiger partial charge in [0.15, 0.2) is 0 Å². The maximum absolute atomic E-state index is 12.3. The first-order valence-corrected chi connectivity index (χ1v) is 9.65. The molecule has 0 aromatic carbocycles. The van der Waals surface area contributed by atoms with Gasteiger partial charge in [0.25, 0.3) is 0 Å². The molecular weight excluding hydrogens is 300 g/mol. The molecule has 1 atom stereocenters. The van der Waals surface area contributed by atoms with Gasteiger partial charge < -0.3 is 5.32 Å². The number of hydrogen-bond donors (Lipinski definition) is 1. The van der Waals surface area contributed by atoms with Crippen molar-refractivity contribution < 1.29 is 4.79 Å². The third-order valence-corrected chi connectivity index (χ3v) is 5.50. The number of nitrogens with one attached hydrogen (secondary N) is 1. The Labute approximate surface area is 145 Å². The molecule has 1 N–H and O–H groups in total. The number of amides is 1. The number of aromatic nitrogens is 2. The summed E-state index contributed by atoms with van der Waals surface area (Å²) in [6.07, 6.45) is 11.2. The Morgan fingerprint density at radius 1 is 1.29 bits per heavy atom. The first-order valence-electron chi connectivity index (χ1n) is 9.65. The topological polar surface area (TPSA) is 50.2 Å². The van der Waals surface area contributed by atoms with Crippen LogP contribution >= 0.6 is 0 Å². The van der Waals surface area contributed by atoms with Crippen molar-refractivity contribution in [3.8, 4) is 0 Å². The number of likely N-dealkylation sites (tertiary alicyclic amines) is 1. The minimum Gasteiger partial charge on any atom is -0.356 e. The lowest BCUT2D eigenvalue weighted by molar-refractivity contribution is -0.126. The van der Waals surface area contributed by atoms with Gasteiger partial charge in [-0.15, -0.1) is 0 Å². The molecule has 0 bridgehead atoms. The molecule has 0 unspecified atom stereocenters. The fraction of sp³-hybridized carbons (Fsp3) is 0.789. The highest BCUT2D eigenvalue weighted by molar-refractivity contribution is 5.78. The van der Waals surface area contributed by atoms with Crippen LogP contribution in [0.15, 0.2) is 12.4 Å². The molecule has 134 valence electrons. The van der Waals surface area contributed by atoms with Crippen LogP contribution in [0.2, 0.25) is 0 Å². The molecule has 5 nitrogen and oxygen atoms in total. The molecule has 0 radical (unpaired) electrons. The molecule has 1 aliphatic carbocycles. The summed E-state index contributed by atoms with van der Waals surface area (Å²) >= 11 is 0. The SMILES string of the molecule is CC(C)n1cc(CN2CC[C@H](CNC(=O)C3CCCCC3)C2)cn1. The van der Waals surface area contributed by atoms with Crippen LogP contribution in [0.5, 0.6) is 0 Å². The molecule has 2 heterocycles.